The van der Waals surface area contributed by atoms with Gasteiger partial charge in [0.2, 0.25) is 5.88 Å². The average molecular weight is 465 g/mol. The van der Waals surface area contributed by atoms with E-state index in [2.05, 4.69) is 23.2 Å². The molecule has 170 valence electrons. The van der Waals surface area contributed by atoms with E-state index in [0.29, 0.717) is 23.3 Å². The normalized spacial score (nSPS) is 15.6. The Bertz CT molecular complexity index is 1190. The van der Waals surface area contributed by atoms with E-state index in [1.165, 1.54) is 6.07 Å². The van der Waals surface area contributed by atoms with E-state index < -0.39 is 5.97 Å². The molecule has 1 aliphatic rings. The van der Waals surface area contributed by atoms with Gasteiger partial charge in [-0.05, 0) is 48.1 Å². The zero-order valence-electron chi connectivity index (χ0n) is 18.5. The summed E-state index contributed by atoms with van der Waals surface area (Å²) in [6, 6.07) is 15.4. The first-order valence-electron chi connectivity index (χ1n) is 10.7. The molecule has 1 aliphatic carbocycles. The molecule has 0 saturated heterocycles. The molecular formula is C26H25ClN2O4. The molecule has 0 aliphatic heterocycles. The third-order valence-electron chi connectivity index (χ3n) is 5.94. The maximum Gasteiger partial charge on any atom is 0.335 e. The molecule has 33 heavy (non-hydrogen) atoms. The highest BCUT2D eigenvalue weighted by molar-refractivity contribution is 6.32. The van der Waals surface area contributed by atoms with Gasteiger partial charge in [-0.25, -0.2) is 4.79 Å². The zero-order chi connectivity index (χ0) is 23.4. The lowest BCUT2D eigenvalue weighted by Gasteiger charge is -2.25. The van der Waals surface area contributed by atoms with Crippen LogP contribution in [0.5, 0.6) is 11.9 Å². The molecule has 1 heterocycles. The number of rotatable bonds is 7. The second-order valence-corrected chi connectivity index (χ2v) is 8.35. The molecule has 3 aromatic rings. The molecule has 2 aromatic carbocycles. The standard InChI is InChI=1S/C26H25ClN2O4/c1-32-24-21(14-16-6-4-3-5-7-16)23(28-26(29-24)33-2)18-10-8-17(9-11-18)20-13-12-19(25(30)31)15-22(20)27/h3-8,12-13,15,18H,9-11,14H2,1-2H3,(H,30,31). The third kappa shape index (κ3) is 5.01. The Balaban J connectivity index is 1.66. The van der Waals surface area contributed by atoms with Crippen LogP contribution in [0.1, 0.15) is 57.9 Å². The van der Waals surface area contributed by atoms with Gasteiger partial charge in [0.25, 0.3) is 0 Å². The number of benzene rings is 2. The van der Waals surface area contributed by atoms with Gasteiger partial charge in [-0.15, -0.1) is 0 Å². The molecule has 7 heteroatoms. The summed E-state index contributed by atoms with van der Waals surface area (Å²) in [7, 11) is 3.17. The van der Waals surface area contributed by atoms with Crippen LogP contribution < -0.4 is 9.47 Å². The van der Waals surface area contributed by atoms with Crippen LogP contribution in [0, 0.1) is 0 Å². The van der Waals surface area contributed by atoms with Crippen LogP contribution in [-0.4, -0.2) is 35.3 Å². The first-order valence-corrected chi connectivity index (χ1v) is 11.1. The van der Waals surface area contributed by atoms with E-state index in [-0.39, 0.29) is 11.5 Å². The van der Waals surface area contributed by atoms with Crippen LogP contribution in [0.3, 0.4) is 0 Å². The smallest absolute Gasteiger partial charge is 0.335 e. The van der Waals surface area contributed by atoms with E-state index in [1.54, 1.807) is 26.4 Å². The first kappa shape index (κ1) is 22.8. The van der Waals surface area contributed by atoms with Gasteiger partial charge in [-0.3, -0.25) is 0 Å². The second kappa shape index (κ2) is 10.0. The third-order valence-corrected chi connectivity index (χ3v) is 6.25. The number of methoxy groups -OCH3 is 2. The van der Waals surface area contributed by atoms with Gasteiger partial charge in [0, 0.05) is 22.9 Å². The summed E-state index contributed by atoms with van der Waals surface area (Å²) in [6.07, 6.45) is 5.28. The molecule has 0 fully saturated rings. The molecule has 0 bridgehead atoms. The molecule has 1 aromatic heterocycles. The Morgan fingerprint density at radius 1 is 1.12 bits per heavy atom. The highest BCUT2D eigenvalue weighted by atomic mass is 35.5. The fraction of sp³-hybridized carbons (Fsp3) is 0.269. The average Bonchev–Trinajstić information content (AvgIpc) is 2.84. The summed E-state index contributed by atoms with van der Waals surface area (Å²) in [5, 5.41) is 9.64. The van der Waals surface area contributed by atoms with Crippen molar-refractivity contribution in [1.29, 1.82) is 0 Å². The SMILES string of the molecule is COc1nc(OC)c(Cc2ccccc2)c(C2CC=C(c3ccc(C(=O)O)cc3Cl)CC2)n1. The van der Waals surface area contributed by atoms with E-state index in [9.17, 15) is 9.90 Å². The number of carbonyl (C=O) groups is 1. The zero-order valence-corrected chi connectivity index (χ0v) is 19.3. The maximum atomic E-state index is 11.2. The summed E-state index contributed by atoms with van der Waals surface area (Å²) >= 11 is 6.40. The number of carboxylic acid groups (broad SMARTS) is 1. The van der Waals surface area contributed by atoms with Crippen LogP contribution >= 0.6 is 11.6 Å². The lowest BCUT2D eigenvalue weighted by Crippen LogP contribution is -2.13. The quantitative estimate of drug-likeness (QED) is 0.476. The number of aromatic carboxylic acids is 1. The van der Waals surface area contributed by atoms with Crippen molar-refractivity contribution in [3.05, 3.63) is 87.6 Å². The lowest BCUT2D eigenvalue weighted by atomic mass is 9.82. The van der Waals surface area contributed by atoms with Crippen LogP contribution in [0.15, 0.2) is 54.6 Å². The number of halogens is 1. The molecule has 0 spiro atoms. The fourth-order valence-corrected chi connectivity index (χ4v) is 4.56. The second-order valence-electron chi connectivity index (χ2n) is 7.95. The number of ether oxygens (including phenoxy) is 2. The molecular weight excluding hydrogens is 440 g/mol. The Morgan fingerprint density at radius 3 is 2.52 bits per heavy atom. The van der Waals surface area contributed by atoms with Crippen molar-refractivity contribution in [3.8, 4) is 11.9 Å². The minimum atomic E-state index is -0.987. The molecule has 0 radical (unpaired) electrons. The first-order chi connectivity index (χ1) is 16.0. The van der Waals surface area contributed by atoms with Crippen molar-refractivity contribution < 1.29 is 19.4 Å². The fourth-order valence-electron chi connectivity index (χ4n) is 4.26. The summed E-state index contributed by atoms with van der Waals surface area (Å²) in [5.74, 6) is -0.281. The minimum Gasteiger partial charge on any atom is -0.481 e. The topological polar surface area (TPSA) is 81.5 Å². The van der Waals surface area contributed by atoms with Crippen molar-refractivity contribution in [3.63, 3.8) is 0 Å². The summed E-state index contributed by atoms with van der Waals surface area (Å²) in [4.78, 5) is 20.4. The summed E-state index contributed by atoms with van der Waals surface area (Å²) in [5.41, 5.74) is 5.24. The number of hydrogen-bond acceptors (Lipinski definition) is 5. The molecule has 0 saturated carbocycles. The van der Waals surface area contributed by atoms with Crippen molar-refractivity contribution in [1.82, 2.24) is 9.97 Å². The van der Waals surface area contributed by atoms with Gasteiger partial charge in [0.15, 0.2) is 0 Å². The van der Waals surface area contributed by atoms with E-state index in [0.717, 1.165) is 47.2 Å². The highest BCUT2D eigenvalue weighted by Gasteiger charge is 2.26. The Labute approximate surface area is 197 Å². The van der Waals surface area contributed by atoms with Crippen LogP contribution in [-0.2, 0) is 6.42 Å². The van der Waals surface area contributed by atoms with Crippen LogP contribution in [0.25, 0.3) is 5.57 Å². The predicted molar refractivity (Wildman–Crippen MR) is 127 cm³/mol. The van der Waals surface area contributed by atoms with E-state index in [1.807, 2.05) is 18.2 Å². The predicted octanol–water partition coefficient (Wildman–Crippen LogP) is 5.79. The minimum absolute atomic E-state index is 0.176. The van der Waals surface area contributed by atoms with Crippen molar-refractivity contribution in [2.75, 3.05) is 14.2 Å². The molecule has 4 rings (SSSR count). The van der Waals surface area contributed by atoms with Crippen molar-refractivity contribution >= 4 is 23.1 Å². The van der Waals surface area contributed by atoms with Gasteiger partial charge < -0.3 is 14.6 Å². The number of carboxylic acids is 1. The molecule has 6 nitrogen and oxygen atoms in total. The largest absolute Gasteiger partial charge is 0.481 e. The van der Waals surface area contributed by atoms with Gasteiger partial charge in [-0.2, -0.15) is 9.97 Å². The molecule has 1 atom stereocenters. The van der Waals surface area contributed by atoms with Crippen molar-refractivity contribution in [2.45, 2.75) is 31.6 Å². The summed E-state index contributed by atoms with van der Waals surface area (Å²) < 4.78 is 11.0. The van der Waals surface area contributed by atoms with Gasteiger partial charge >= 0.3 is 12.0 Å². The Kier molecular flexibility index (Phi) is 6.94. The van der Waals surface area contributed by atoms with Crippen molar-refractivity contribution in [2.24, 2.45) is 0 Å². The van der Waals surface area contributed by atoms with Gasteiger partial charge in [0.1, 0.15) is 0 Å². The molecule has 0 amide bonds. The lowest BCUT2D eigenvalue weighted by molar-refractivity contribution is 0.0697. The number of hydrogen-bond donors (Lipinski definition) is 1. The Morgan fingerprint density at radius 2 is 1.91 bits per heavy atom. The number of nitrogens with zero attached hydrogens (tertiary/aromatic N) is 2. The number of allylic oxidation sites excluding steroid dienone is 2. The molecule has 1 N–H and O–H groups in total. The number of aromatic nitrogens is 2. The van der Waals surface area contributed by atoms with E-state index >= 15 is 0 Å². The van der Waals surface area contributed by atoms with Gasteiger partial charge in [0.05, 0.1) is 25.5 Å². The Hall–Kier alpha value is -3.38. The van der Waals surface area contributed by atoms with Gasteiger partial charge in [-0.1, -0.05) is 54.1 Å². The summed E-state index contributed by atoms with van der Waals surface area (Å²) in [6.45, 7) is 0. The highest BCUT2D eigenvalue weighted by Crippen LogP contribution is 2.40. The maximum absolute atomic E-state index is 11.2. The van der Waals surface area contributed by atoms with E-state index in [4.69, 9.17) is 26.1 Å². The van der Waals surface area contributed by atoms with Crippen LogP contribution in [0.2, 0.25) is 5.02 Å². The molecule has 1 unspecified atom stereocenters. The van der Waals surface area contributed by atoms with Crippen LogP contribution in [0.4, 0.5) is 0 Å². The monoisotopic (exact) mass is 464 g/mol.